The molecular formula is C16H18ClFN2S. The first kappa shape index (κ1) is 14.9. The van der Waals surface area contributed by atoms with Gasteiger partial charge in [0.15, 0.2) is 0 Å². The Hall–Kier alpha value is -0.970. The van der Waals surface area contributed by atoms with Gasteiger partial charge in [-0.3, -0.25) is 0 Å². The zero-order valence-electron chi connectivity index (χ0n) is 12.1. The Morgan fingerprint density at radius 2 is 2.14 bits per heavy atom. The van der Waals surface area contributed by atoms with Crippen LogP contribution in [-0.4, -0.2) is 11.0 Å². The van der Waals surface area contributed by atoms with Crippen LogP contribution in [0.3, 0.4) is 0 Å². The molecule has 1 N–H and O–H groups in total. The van der Waals surface area contributed by atoms with E-state index in [1.807, 2.05) is 0 Å². The molecule has 0 saturated carbocycles. The summed E-state index contributed by atoms with van der Waals surface area (Å²) in [5, 5.41) is 4.91. The van der Waals surface area contributed by atoms with E-state index in [9.17, 15) is 4.39 Å². The Bertz CT molecular complexity index is 632. The number of rotatable bonds is 4. The molecule has 0 amide bonds. The van der Waals surface area contributed by atoms with Crippen molar-refractivity contribution in [1.29, 1.82) is 0 Å². The van der Waals surface area contributed by atoms with Crippen molar-refractivity contribution in [1.82, 2.24) is 10.3 Å². The highest BCUT2D eigenvalue weighted by Crippen LogP contribution is 2.35. The number of benzene rings is 1. The molecule has 0 spiro atoms. The SMILES string of the molecule is CC(C)NC(c1nc2c(s1)CCC2)c1cc(Cl)ccc1F. The van der Waals surface area contributed by atoms with Crippen molar-refractivity contribution >= 4 is 22.9 Å². The fourth-order valence-electron chi connectivity index (χ4n) is 2.70. The Kier molecular flexibility index (Phi) is 4.29. The number of thiazole rings is 1. The van der Waals surface area contributed by atoms with Crippen LogP contribution in [0.5, 0.6) is 0 Å². The first-order valence-electron chi connectivity index (χ1n) is 7.24. The molecule has 112 valence electrons. The van der Waals surface area contributed by atoms with Gasteiger partial charge in [-0.1, -0.05) is 11.6 Å². The number of halogens is 2. The van der Waals surface area contributed by atoms with Gasteiger partial charge in [0.1, 0.15) is 10.8 Å². The fourth-order valence-corrected chi connectivity index (χ4v) is 4.11. The summed E-state index contributed by atoms with van der Waals surface area (Å²) >= 11 is 7.75. The molecule has 0 bridgehead atoms. The highest BCUT2D eigenvalue weighted by molar-refractivity contribution is 7.11. The minimum Gasteiger partial charge on any atom is -0.302 e. The summed E-state index contributed by atoms with van der Waals surface area (Å²) in [4.78, 5) is 6.09. The second kappa shape index (κ2) is 6.03. The molecule has 1 aromatic carbocycles. The molecular weight excluding hydrogens is 307 g/mol. The van der Waals surface area contributed by atoms with Crippen molar-refractivity contribution in [2.24, 2.45) is 0 Å². The lowest BCUT2D eigenvalue weighted by Crippen LogP contribution is -2.29. The smallest absolute Gasteiger partial charge is 0.128 e. The average Bonchev–Trinajstić information content (AvgIpc) is 2.99. The molecule has 2 aromatic rings. The lowest BCUT2D eigenvalue weighted by molar-refractivity contribution is 0.501. The number of fused-ring (bicyclic) bond motifs is 1. The molecule has 5 heteroatoms. The van der Waals surface area contributed by atoms with Gasteiger partial charge in [0, 0.05) is 21.5 Å². The molecule has 0 radical (unpaired) electrons. The summed E-state index contributed by atoms with van der Waals surface area (Å²) in [7, 11) is 0. The van der Waals surface area contributed by atoms with E-state index in [4.69, 9.17) is 16.6 Å². The second-order valence-electron chi connectivity index (χ2n) is 5.70. The van der Waals surface area contributed by atoms with E-state index >= 15 is 0 Å². The molecule has 1 heterocycles. The Morgan fingerprint density at radius 3 is 2.86 bits per heavy atom. The maximum absolute atomic E-state index is 14.2. The van der Waals surface area contributed by atoms with Gasteiger partial charge in [-0.05, 0) is 51.3 Å². The molecule has 3 rings (SSSR count). The standard InChI is InChI=1S/C16H18ClFN2S/c1-9(2)19-15(11-8-10(17)6-7-12(11)18)16-20-13-4-3-5-14(13)21-16/h6-9,15,19H,3-5H2,1-2H3. The number of aryl methyl sites for hydroxylation is 2. The fraction of sp³-hybridized carbons (Fsp3) is 0.438. The predicted molar refractivity (Wildman–Crippen MR) is 85.7 cm³/mol. The van der Waals surface area contributed by atoms with Crippen LogP contribution in [0.2, 0.25) is 5.02 Å². The van der Waals surface area contributed by atoms with Crippen LogP contribution >= 0.6 is 22.9 Å². The van der Waals surface area contributed by atoms with Crippen LogP contribution in [0, 0.1) is 5.82 Å². The predicted octanol–water partition coefficient (Wildman–Crippen LogP) is 4.51. The van der Waals surface area contributed by atoms with E-state index in [-0.39, 0.29) is 17.9 Å². The van der Waals surface area contributed by atoms with E-state index in [0.717, 1.165) is 17.8 Å². The first-order valence-corrected chi connectivity index (χ1v) is 8.43. The zero-order valence-corrected chi connectivity index (χ0v) is 13.7. The van der Waals surface area contributed by atoms with Crippen LogP contribution in [0.1, 0.15) is 47.5 Å². The second-order valence-corrected chi connectivity index (χ2v) is 7.25. The summed E-state index contributed by atoms with van der Waals surface area (Å²) in [6, 6.07) is 4.69. The number of hydrogen-bond acceptors (Lipinski definition) is 3. The third-order valence-corrected chi connectivity index (χ3v) is 5.09. The van der Waals surface area contributed by atoms with E-state index in [1.165, 1.54) is 23.1 Å². The molecule has 1 unspecified atom stereocenters. The minimum atomic E-state index is -0.243. The summed E-state index contributed by atoms with van der Waals surface area (Å²) < 4.78 is 14.2. The van der Waals surface area contributed by atoms with E-state index in [0.29, 0.717) is 10.6 Å². The molecule has 1 atom stereocenters. The molecule has 1 aliphatic rings. The molecule has 0 fully saturated rings. The van der Waals surface area contributed by atoms with Gasteiger partial charge in [-0.2, -0.15) is 0 Å². The lowest BCUT2D eigenvalue weighted by atomic mass is 10.1. The summed E-state index contributed by atoms with van der Waals surface area (Å²) in [5.74, 6) is -0.243. The molecule has 2 nitrogen and oxygen atoms in total. The van der Waals surface area contributed by atoms with Gasteiger partial charge in [-0.25, -0.2) is 9.37 Å². The number of hydrogen-bond donors (Lipinski definition) is 1. The average molecular weight is 325 g/mol. The van der Waals surface area contributed by atoms with E-state index < -0.39 is 0 Å². The van der Waals surface area contributed by atoms with Crippen LogP contribution in [-0.2, 0) is 12.8 Å². The van der Waals surface area contributed by atoms with E-state index in [1.54, 1.807) is 23.5 Å². The maximum atomic E-state index is 14.2. The van der Waals surface area contributed by atoms with Crippen LogP contribution in [0.4, 0.5) is 4.39 Å². The monoisotopic (exact) mass is 324 g/mol. The number of nitrogens with zero attached hydrogens (tertiary/aromatic N) is 1. The summed E-state index contributed by atoms with van der Waals surface area (Å²) in [6.45, 7) is 4.10. The third kappa shape index (κ3) is 3.12. The van der Waals surface area contributed by atoms with E-state index in [2.05, 4.69) is 19.2 Å². The van der Waals surface area contributed by atoms with Gasteiger partial charge in [0.05, 0.1) is 11.7 Å². The van der Waals surface area contributed by atoms with Crippen molar-refractivity contribution in [3.8, 4) is 0 Å². The van der Waals surface area contributed by atoms with Crippen LogP contribution in [0.25, 0.3) is 0 Å². The number of aromatic nitrogens is 1. The van der Waals surface area contributed by atoms with Crippen molar-refractivity contribution in [3.63, 3.8) is 0 Å². The van der Waals surface area contributed by atoms with Crippen molar-refractivity contribution < 1.29 is 4.39 Å². The Labute approximate surface area is 133 Å². The van der Waals surface area contributed by atoms with Crippen molar-refractivity contribution in [3.05, 3.63) is 50.2 Å². The number of nitrogens with one attached hydrogen (secondary N) is 1. The lowest BCUT2D eigenvalue weighted by Gasteiger charge is -2.20. The van der Waals surface area contributed by atoms with Crippen molar-refractivity contribution in [2.45, 2.75) is 45.2 Å². The van der Waals surface area contributed by atoms with Gasteiger partial charge in [-0.15, -0.1) is 11.3 Å². The normalized spacial score (nSPS) is 15.5. The highest BCUT2D eigenvalue weighted by Gasteiger charge is 2.25. The topological polar surface area (TPSA) is 24.9 Å². The zero-order chi connectivity index (χ0) is 15.0. The van der Waals surface area contributed by atoms with Gasteiger partial charge < -0.3 is 5.32 Å². The largest absolute Gasteiger partial charge is 0.302 e. The van der Waals surface area contributed by atoms with Gasteiger partial charge in [0.25, 0.3) is 0 Å². The van der Waals surface area contributed by atoms with Crippen LogP contribution < -0.4 is 5.32 Å². The first-order chi connectivity index (χ1) is 10.0. The van der Waals surface area contributed by atoms with Crippen molar-refractivity contribution in [2.75, 3.05) is 0 Å². The quantitative estimate of drug-likeness (QED) is 0.895. The highest BCUT2D eigenvalue weighted by atomic mass is 35.5. The third-order valence-electron chi connectivity index (χ3n) is 3.63. The Morgan fingerprint density at radius 1 is 1.33 bits per heavy atom. The summed E-state index contributed by atoms with van der Waals surface area (Å²) in [6.07, 6.45) is 3.32. The molecule has 0 aliphatic heterocycles. The minimum absolute atomic E-state index is 0.229. The molecule has 0 saturated heterocycles. The summed E-state index contributed by atoms with van der Waals surface area (Å²) in [5.41, 5.74) is 1.76. The molecule has 1 aliphatic carbocycles. The Balaban J connectivity index is 2.02. The van der Waals surface area contributed by atoms with Gasteiger partial charge in [0.2, 0.25) is 0 Å². The van der Waals surface area contributed by atoms with Crippen LogP contribution in [0.15, 0.2) is 18.2 Å². The maximum Gasteiger partial charge on any atom is 0.128 e. The van der Waals surface area contributed by atoms with Gasteiger partial charge >= 0.3 is 0 Å². The molecule has 21 heavy (non-hydrogen) atoms. The molecule has 1 aromatic heterocycles.